The maximum atomic E-state index is 14.7. The van der Waals surface area contributed by atoms with Gasteiger partial charge in [0.05, 0.1) is 5.56 Å². The number of carbonyl (C=O) groups excluding carboxylic acids is 1. The Labute approximate surface area is 178 Å². The van der Waals surface area contributed by atoms with E-state index in [1.807, 2.05) is 6.07 Å². The summed E-state index contributed by atoms with van der Waals surface area (Å²) in [6, 6.07) is 6.52. The van der Waals surface area contributed by atoms with Crippen LogP contribution in [0.5, 0.6) is 0 Å². The van der Waals surface area contributed by atoms with Crippen molar-refractivity contribution in [2.45, 2.75) is 30.7 Å². The highest BCUT2D eigenvalue weighted by atomic mass is 19.4. The van der Waals surface area contributed by atoms with E-state index in [1.54, 1.807) is 0 Å². The second-order valence-electron chi connectivity index (χ2n) is 7.32. The molecule has 0 saturated carbocycles. The summed E-state index contributed by atoms with van der Waals surface area (Å²) in [6.45, 7) is -0.840. The Morgan fingerprint density at radius 2 is 2.06 bits per heavy atom. The van der Waals surface area contributed by atoms with Crippen molar-refractivity contribution in [2.24, 2.45) is 10.7 Å². The van der Waals surface area contributed by atoms with Crippen LogP contribution < -0.4 is 11.1 Å². The predicted octanol–water partition coefficient (Wildman–Crippen LogP) is 3.57. The first-order valence-electron chi connectivity index (χ1n) is 9.07. The Kier molecular flexibility index (Phi) is 5.78. The lowest BCUT2D eigenvalue weighted by Crippen LogP contribution is -2.56. The summed E-state index contributed by atoms with van der Waals surface area (Å²) >= 11 is 0. The fourth-order valence-electron chi connectivity index (χ4n) is 3.31. The molecule has 0 radical (unpaired) electrons. The number of hydrogen-bond acceptors (Lipinski definition) is 6. The van der Waals surface area contributed by atoms with E-state index >= 15 is 0 Å². The number of benzene rings is 1. The number of carbonyl (C=O) groups is 1. The molecule has 12 heteroatoms. The molecule has 7 nitrogen and oxygen atoms in total. The van der Waals surface area contributed by atoms with Gasteiger partial charge < -0.3 is 15.8 Å². The number of nitrogens with one attached hydrogen (secondary N) is 1. The monoisotopic (exact) mass is 453 g/mol. The summed E-state index contributed by atoms with van der Waals surface area (Å²) in [5.41, 5.74) is -0.274. The minimum atomic E-state index is -4.95. The molecule has 3 rings (SSSR count). The summed E-state index contributed by atoms with van der Waals surface area (Å²) in [5.74, 6) is -1.78. The van der Waals surface area contributed by atoms with E-state index in [0.717, 1.165) is 18.2 Å². The summed E-state index contributed by atoms with van der Waals surface area (Å²) in [7, 11) is 0. The van der Waals surface area contributed by atoms with Crippen molar-refractivity contribution in [1.29, 1.82) is 5.26 Å². The summed E-state index contributed by atoms with van der Waals surface area (Å²) < 4.78 is 74.1. The number of nitrogens with zero attached hydrogens (tertiary/aromatic N) is 3. The van der Waals surface area contributed by atoms with E-state index in [-0.39, 0.29) is 16.9 Å². The molecule has 2 heterocycles. The first kappa shape index (κ1) is 22.9. The van der Waals surface area contributed by atoms with Gasteiger partial charge in [-0.15, -0.1) is 0 Å². The highest BCUT2D eigenvalue weighted by molar-refractivity contribution is 6.02. The van der Waals surface area contributed by atoms with Gasteiger partial charge in [0.25, 0.3) is 11.9 Å². The van der Waals surface area contributed by atoms with Crippen molar-refractivity contribution in [3.8, 4) is 6.07 Å². The number of nitrogens with two attached hydrogens (primary N) is 1. The molecule has 0 fully saturated rings. The number of rotatable bonds is 4. The van der Waals surface area contributed by atoms with Crippen molar-refractivity contribution in [3.05, 3.63) is 59.2 Å². The fourth-order valence-corrected chi connectivity index (χ4v) is 3.31. The minimum absolute atomic E-state index is 0.0423. The van der Waals surface area contributed by atoms with E-state index in [9.17, 15) is 26.7 Å². The Morgan fingerprint density at radius 1 is 1.34 bits per heavy atom. The SMILES string of the molecule is CC1(C(F)(F)F)CC(CF)(c2cc(NC(=O)c3ccc(C#N)cn3)ccc2F)N=C(N)O1. The van der Waals surface area contributed by atoms with Crippen LogP contribution in [0.15, 0.2) is 41.5 Å². The fraction of sp³-hybridized carbons (Fsp3) is 0.300. The van der Waals surface area contributed by atoms with Gasteiger partial charge in [0.15, 0.2) is 0 Å². The molecule has 0 aliphatic carbocycles. The molecule has 2 aromatic rings. The van der Waals surface area contributed by atoms with Crippen LogP contribution in [-0.2, 0) is 10.3 Å². The lowest BCUT2D eigenvalue weighted by molar-refractivity contribution is -0.258. The average molecular weight is 453 g/mol. The molecule has 0 spiro atoms. The summed E-state index contributed by atoms with van der Waals surface area (Å²) in [5, 5.41) is 11.2. The highest BCUT2D eigenvalue weighted by Gasteiger charge is 2.61. The third kappa shape index (κ3) is 4.18. The Balaban J connectivity index is 1.98. The lowest BCUT2D eigenvalue weighted by Gasteiger charge is -2.42. The summed E-state index contributed by atoms with van der Waals surface area (Å²) in [6.07, 6.45) is -4.86. The van der Waals surface area contributed by atoms with E-state index < -0.39 is 53.7 Å². The van der Waals surface area contributed by atoms with E-state index in [0.29, 0.717) is 6.92 Å². The molecular formula is C20H16F5N5O2. The van der Waals surface area contributed by atoms with Crippen LogP contribution in [0, 0.1) is 17.1 Å². The number of aromatic nitrogens is 1. The molecule has 1 aliphatic rings. The van der Waals surface area contributed by atoms with Crippen molar-refractivity contribution < 1.29 is 31.5 Å². The van der Waals surface area contributed by atoms with Crippen molar-refractivity contribution in [3.63, 3.8) is 0 Å². The Morgan fingerprint density at radius 3 is 2.62 bits per heavy atom. The van der Waals surface area contributed by atoms with Crippen LogP contribution in [0.2, 0.25) is 0 Å². The van der Waals surface area contributed by atoms with Gasteiger partial charge in [0, 0.05) is 23.9 Å². The van der Waals surface area contributed by atoms with E-state index in [1.165, 1.54) is 18.3 Å². The van der Waals surface area contributed by atoms with Crippen LogP contribution in [0.4, 0.5) is 27.6 Å². The minimum Gasteiger partial charge on any atom is -0.449 e. The first-order chi connectivity index (χ1) is 14.9. The number of anilines is 1. The number of alkyl halides is 4. The zero-order chi connectivity index (χ0) is 23.7. The molecule has 1 aromatic carbocycles. The molecule has 1 amide bonds. The third-order valence-corrected chi connectivity index (χ3v) is 4.96. The third-order valence-electron chi connectivity index (χ3n) is 4.96. The van der Waals surface area contributed by atoms with Crippen LogP contribution in [0.3, 0.4) is 0 Å². The number of aliphatic imine (C=N–C) groups is 1. The Bertz CT molecular complexity index is 1110. The topological polar surface area (TPSA) is 113 Å². The molecule has 1 aromatic heterocycles. The molecule has 2 unspecified atom stereocenters. The van der Waals surface area contributed by atoms with Crippen LogP contribution in [-0.4, -0.2) is 35.4 Å². The number of pyridine rings is 1. The van der Waals surface area contributed by atoms with Crippen LogP contribution in [0.25, 0.3) is 0 Å². The van der Waals surface area contributed by atoms with Crippen molar-refractivity contribution >= 4 is 17.6 Å². The number of amides is 1. The van der Waals surface area contributed by atoms with Gasteiger partial charge in [-0.3, -0.25) is 4.79 Å². The number of amidine groups is 1. The summed E-state index contributed by atoms with van der Waals surface area (Å²) in [4.78, 5) is 19.9. The smallest absolute Gasteiger partial charge is 0.428 e. The predicted molar refractivity (Wildman–Crippen MR) is 103 cm³/mol. The number of halogens is 5. The number of nitriles is 1. The van der Waals surface area contributed by atoms with Gasteiger partial charge in [0.1, 0.15) is 29.8 Å². The van der Waals surface area contributed by atoms with Gasteiger partial charge in [-0.25, -0.2) is 18.8 Å². The van der Waals surface area contributed by atoms with Crippen LogP contribution in [0.1, 0.15) is 35.0 Å². The number of hydrogen-bond donors (Lipinski definition) is 2. The molecule has 32 heavy (non-hydrogen) atoms. The van der Waals surface area contributed by atoms with Crippen LogP contribution >= 0.6 is 0 Å². The molecule has 3 N–H and O–H groups in total. The first-order valence-corrected chi connectivity index (χ1v) is 9.07. The second kappa shape index (κ2) is 8.07. The number of ether oxygens (including phenoxy) is 1. The van der Waals surface area contributed by atoms with Crippen molar-refractivity contribution in [1.82, 2.24) is 4.98 Å². The molecule has 0 bridgehead atoms. The Hall–Kier alpha value is -3.75. The molecule has 1 aliphatic heterocycles. The molecular weight excluding hydrogens is 437 g/mol. The average Bonchev–Trinajstić information content (AvgIpc) is 2.73. The van der Waals surface area contributed by atoms with Gasteiger partial charge in [0.2, 0.25) is 5.60 Å². The second-order valence-corrected chi connectivity index (χ2v) is 7.32. The van der Waals surface area contributed by atoms with Gasteiger partial charge >= 0.3 is 6.18 Å². The van der Waals surface area contributed by atoms with E-state index in [2.05, 4.69) is 20.0 Å². The van der Waals surface area contributed by atoms with E-state index in [4.69, 9.17) is 11.0 Å². The quantitative estimate of drug-likeness (QED) is 0.688. The lowest BCUT2D eigenvalue weighted by atomic mass is 9.79. The zero-order valence-corrected chi connectivity index (χ0v) is 16.5. The highest BCUT2D eigenvalue weighted by Crippen LogP contribution is 2.47. The maximum Gasteiger partial charge on any atom is 0.428 e. The molecule has 0 saturated heterocycles. The molecule has 168 valence electrons. The van der Waals surface area contributed by atoms with Gasteiger partial charge in [-0.1, -0.05) is 0 Å². The molecule has 2 atom stereocenters. The normalized spacial score (nSPS) is 23.0. The standard InChI is InChI=1S/C20H16F5N5O2/c1-18(20(23,24)25)9-19(10-21,30-17(27)32-18)13-6-12(3-4-14(13)22)29-16(31)15-5-2-11(7-26)8-28-15/h2-6,8H,9-10H2,1H3,(H2,27,30)(H,29,31). The van der Waals surface area contributed by atoms with Gasteiger partial charge in [-0.05, 0) is 37.3 Å². The van der Waals surface area contributed by atoms with Crippen molar-refractivity contribution in [2.75, 3.05) is 12.0 Å². The largest absolute Gasteiger partial charge is 0.449 e. The van der Waals surface area contributed by atoms with Gasteiger partial charge in [-0.2, -0.15) is 18.4 Å². The zero-order valence-electron chi connectivity index (χ0n) is 16.5. The maximum absolute atomic E-state index is 14.7.